The van der Waals surface area contributed by atoms with Crippen molar-refractivity contribution in [3.63, 3.8) is 0 Å². The average Bonchev–Trinajstić information content (AvgIpc) is 2.73. The fourth-order valence-corrected chi connectivity index (χ4v) is 1.77. The second-order valence-electron chi connectivity index (χ2n) is 3.77. The van der Waals surface area contributed by atoms with E-state index < -0.39 is 0 Å². The second kappa shape index (κ2) is 4.96. The molecule has 0 radical (unpaired) electrons. The van der Waals surface area contributed by atoms with Crippen LogP contribution in [0.5, 0.6) is 0 Å². The standard InChI is InChI=1S/C13H16N2O/c1-2-3-7-11(15-14)13-9-10-6-4-5-8-12(10)16-13/h2,4-6,8-9,11,15H,1,3,7,14H2. The van der Waals surface area contributed by atoms with Crippen LogP contribution in [0.25, 0.3) is 11.0 Å². The highest BCUT2D eigenvalue weighted by atomic mass is 16.3. The Morgan fingerprint density at radius 1 is 1.44 bits per heavy atom. The van der Waals surface area contributed by atoms with Gasteiger partial charge >= 0.3 is 0 Å². The maximum Gasteiger partial charge on any atom is 0.134 e. The van der Waals surface area contributed by atoms with Gasteiger partial charge in [0, 0.05) is 5.39 Å². The van der Waals surface area contributed by atoms with Crippen LogP contribution in [0.1, 0.15) is 24.6 Å². The number of furan rings is 1. The lowest BCUT2D eigenvalue weighted by Crippen LogP contribution is -2.27. The third-order valence-electron chi connectivity index (χ3n) is 2.65. The molecule has 1 atom stereocenters. The van der Waals surface area contributed by atoms with E-state index in [9.17, 15) is 0 Å². The molecule has 1 aromatic carbocycles. The van der Waals surface area contributed by atoms with E-state index in [2.05, 4.69) is 12.0 Å². The number of hydrogen-bond acceptors (Lipinski definition) is 3. The number of hydrazine groups is 1. The molecular formula is C13H16N2O. The van der Waals surface area contributed by atoms with Gasteiger partial charge in [0.25, 0.3) is 0 Å². The van der Waals surface area contributed by atoms with Crippen LogP contribution in [0.15, 0.2) is 47.4 Å². The molecule has 3 N–H and O–H groups in total. The third-order valence-corrected chi connectivity index (χ3v) is 2.65. The van der Waals surface area contributed by atoms with Gasteiger partial charge in [-0.25, -0.2) is 5.43 Å². The minimum Gasteiger partial charge on any atom is -0.459 e. The Labute approximate surface area is 94.9 Å². The van der Waals surface area contributed by atoms with Crippen LogP contribution < -0.4 is 11.3 Å². The Balaban J connectivity index is 2.26. The summed E-state index contributed by atoms with van der Waals surface area (Å²) in [6.07, 6.45) is 3.68. The van der Waals surface area contributed by atoms with E-state index in [0.717, 1.165) is 29.6 Å². The first kappa shape index (κ1) is 10.9. The minimum absolute atomic E-state index is 0.0467. The van der Waals surface area contributed by atoms with Crippen LogP contribution in [0, 0.1) is 0 Å². The molecule has 0 amide bonds. The molecule has 0 bridgehead atoms. The Bertz CT molecular complexity index is 442. The van der Waals surface area contributed by atoms with Crippen molar-refractivity contribution in [3.8, 4) is 0 Å². The molecule has 3 nitrogen and oxygen atoms in total. The average molecular weight is 216 g/mol. The monoisotopic (exact) mass is 216 g/mol. The Morgan fingerprint density at radius 2 is 2.25 bits per heavy atom. The van der Waals surface area contributed by atoms with Gasteiger partial charge in [0.05, 0.1) is 6.04 Å². The molecular weight excluding hydrogens is 200 g/mol. The summed E-state index contributed by atoms with van der Waals surface area (Å²) in [7, 11) is 0. The predicted molar refractivity (Wildman–Crippen MR) is 65.7 cm³/mol. The van der Waals surface area contributed by atoms with Crippen LogP contribution in [-0.4, -0.2) is 0 Å². The summed E-state index contributed by atoms with van der Waals surface area (Å²) in [5, 5.41) is 1.11. The molecule has 3 heteroatoms. The summed E-state index contributed by atoms with van der Waals surface area (Å²) in [5.74, 6) is 6.40. The third kappa shape index (κ3) is 2.15. The van der Waals surface area contributed by atoms with Crippen molar-refractivity contribution in [2.24, 2.45) is 5.84 Å². The van der Waals surface area contributed by atoms with E-state index in [0.29, 0.717) is 0 Å². The van der Waals surface area contributed by atoms with E-state index in [4.69, 9.17) is 10.3 Å². The Kier molecular flexibility index (Phi) is 3.39. The summed E-state index contributed by atoms with van der Waals surface area (Å²) >= 11 is 0. The number of benzene rings is 1. The van der Waals surface area contributed by atoms with Crippen molar-refractivity contribution in [2.75, 3.05) is 0 Å². The van der Waals surface area contributed by atoms with Crippen LogP contribution in [-0.2, 0) is 0 Å². The maximum absolute atomic E-state index is 5.74. The molecule has 2 aromatic rings. The van der Waals surface area contributed by atoms with Crippen LogP contribution in [0.3, 0.4) is 0 Å². The number of nitrogens with two attached hydrogens (primary N) is 1. The zero-order valence-electron chi connectivity index (χ0n) is 9.15. The summed E-state index contributed by atoms with van der Waals surface area (Å²) in [6.45, 7) is 3.70. The van der Waals surface area contributed by atoms with Crippen LogP contribution >= 0.6 is 0 Å². The number of fused-ring (bicyclic) bond motifs is 1. The van der Waals surface area contributed by atoms with E-state index in [-0.39, 0.29) is 6.04 Å². The summed E-state index contributed by atoms with van der Waals surface area (Å²) < 4.78 is 5.74. The number of para-hydroxylation sites is 1. The number of allylic oxidation sites excluding steroid dienone is 1. The summed E-state index contributed by atoms with van der Waals surface area (Å²) in [6, 6.07) is 10.0. The van der Waals surface area contributed by atoms with Crippen molar-refractivity contribution in [3.05, 3.63) is 48.7 Å². The van der Waals surface area contributed by atoms with Crippen molar-refractivity contribution in [2.45, 2.75) is 18.9 Å². The normalized spacial score (nSPS) is 12.8. The highest BCUT2D eigenvalue weighted by molar-refractivity contribution is 5.77. The fraction of sp³-hybridized carbons (Fsp3) is 0.231. The van der Waals surface area contributed by atoms with Crippen LogP contribution in [0.4, 0.5) is 0 Å². The molecule has 1 aromatic heterocycles. The first-order chi connectivity index (χ1) is 7.85. The molecule has 0 aliphatic carbocycles. The van der Waals surface area contributed by atoms with Crippen molar-refractivity contribution >= 4 is 11.0 Å². The molecule has 16 heavy (non-hydrogen) atoms. The highest BCUT2D eigenvalue weighted by Gasteiger charge is 2.13. The van der Waals surface area contributed by atoms with Gasteiger partial charge < -0.3 is 4.42 Å². The van der Waals surface area contributed by atoms with E-state index in [1.807, 2.05) is 36.4 Å². The topological polar surface area (TPSA) is 51.2 Å². The van der Waals surface area contributed by atoms with Gasteiger partial charge in [-0.3, -0.25) is 5.84 Å². The minimum atomic E-state index is 0.0467. The fourth-order valence-electron chi connectivity index (χ4n) is 1.77. The van der Waals surface area contributed by atoms with Gasteiger partial charge in [0.1, 0.15) is 11.3 Å². The lowest BCUT2D eigenvalue weighted by atomic mass is 10.1. The van der Waals surface area contributed by atoms with Gasteiger partial charge in [0.2, 0.25) is 0 Å². The predicted octanol–water partition coefficient (Wildman–Crippen LogP) is 2.90. The molecule has 2 rings (SSSR count). The molecule has 0 aliphatic rings. The van der Waals surface area contributed by atoms with E-state index >= 15 is 0 Å². The Hall–Kier alpha value is -1.58. The van der Waals surface area contributed by atoms with Gasteiger partial charge in [-0.05, 0) is 25.0 Å². The zero-order chi connectivity index (χ0) is 11.4. The zero-order valence-corrected chi connectivity index (χ0v) is 9.15. The molecule has 0 aliphatic heterocycles. The van der Waals surface area contributed by atoms with E-state index in [1.54, 1.807) is 0 Å². The molecule has 1 heterocycles. The molecule has 84 valence electrons. The van der Waals surface area contributed by atoms with E-state index in [1.165, 1.54) is 0 Å². The van der Waals surface area contributed by atoms with Gasteiger partial charge in [0.15, 0.2) is 0 Å². The quantitative estimate of drug-likeness (QED) is 0.459. The lowest BCUT2D eigenvalue weighted by molar-refractivity contribution is 0.419. The highest BCUT2D eigenvalue weighted by Crippen LogP contribution is 2.25. The number of rotatable bonds is 5. The molecule has 0 saturated heterocycles. The van der Waals surface area contributed by atoms with Crippen molar-refractivity contribution in [1.82, 2.24) is 5.43 Å². The van der Waals surface area contributed by atoms with Gasteiger partial charge in [-0.1, -0.05) is 24.3 Å². The van der Waals surface area contributed by atoms with Crippen LogP contribution in [0.2, 0.25) is 0 Å². The van der Waals surface area contributed by atoms with Crippen molar-refractivity contribution in [1.29, 1.82) is 0 Å². The first-order valence-corrected chi connectivity index (χ1v) is 5.40. The first-order valence-electron chi connectivity index (χ1n) is 5.40. The molecule has 0 spiro atoms. The van der Waals surface area contributed by atoms with Crippen molar-refractivity contribution < 1.29 is 4.42 Å². The Morgan fingerprint density at radius 3 is 2.94 bits per heavy atom. The second-order valence-corrected chi connectivity index (χ2v) is 3.77. The lowest BCUT2D eigenvalue weighted by Gasteiger charge is -2.11. The molecule has 1 unspecified atom stereocenters. The number of hydrogen-bond donors (Lipinski definition) is 2. The maximum atomic E-state index is 5.74. The molecule has 0 fully saturated rings. The van der Waals surface area contributed by atoms with Gasteiger partial charge in [-0.2, -0.15) is 0 Å². The SMILES string of the molecule is C=CCCC(NN)c1cc2ccccc2o1. The number of nitrogens with one attached hydrogen (secondary N) is 1. The van der Waals surface area contributed by atoms with Gasteiger partial charge in [-0.15, -0.1) is 6.58 Å². The molecule has 0 saturated carbocycles. The summed E-state index contributed by atoms with van der Waals surface area (Å²) in [4.78, 5) is 0. The summed E-state index contributed by atoms with van der Waals surface area (Å²) in [5.41, 5.74) is 3.67. The smallest absolute Gasteiger partial charge is 0.134 e. The largest absolute Gasteiger partial charge is 0.459 e.